The Labute approximate surface area is 108 Å². The number of hydrogen-bond donors (Lipinski definition) is 1. The molecule has 0 saturated carbocycles. The molecule has 1 aromatic rings. The molecule has 1 amide bonds. The first-order valence-electron chi connectivity index (χ1n) is 6.56. The Hall–Kier alpha value is -1.42. The third-order valence-corrected chi connectivity index (χ3v) is 3.34. The number of nitrogens with one attached hydrogen (secondary N) is 1. The number of aryl methyl sites for hydroxylation is 1. The lowest BCUT2D eigenvalue weighted by Gasteiger charge is -2.12. The van der Waals surface area contributed by atoms with Crippen LogP contribution in [0.25, 0.3) is 0 Å². The number of pyridine rings is 1. The monoisotopic (exact) mass is 247 g/mol. The maximum atomic E-state index is 11.5. The van der Waals surface area contributed by atoms with E-state index in [1.54, 1.807) is 19.0 Å². The van der Waals surface area contributed by atoms with Crippen molar-refractivity contribution in [1.29, 1.82) is 0 Å². The van der Waals surface area contributed by atoms with Crippen molar-refractivity contribution < 1.29 is 4.79 Å². The number of aromatic nitrogens is 1. The van der Waals surface area contributed by atoms with Crippen molar-refractivity contribution in [3.8, 4) is 0 Å². The SMILES string of the molecule is CN(C)C(=O)CCc1cccc([C@H]2CCCN2)n1. The van der Waals surface area contributed by atoms with Crippen LogP contribution in [0.15, 0.2) is 18.2 Å². The standard InChI is InChI=1S/C14H21N3O/c1-17(2)14(18)9-8-11-5-3-6-13(16-11)12-7-4-10-15-12/h3,5-6,12,15H,4,7-10H2,1-2H3/t12-/m1/s1. The minimum Gasteiger partial charge on any atom is -0.349 e. The second-order valence-corrected chi connectivity index (χ2v) is 4.99. The fraction of sp³-hybridized carbons (Fsp3) is 0.571. The number of nitrogens with zero attached hydrogens (tertiary/aromatic N) is 2. The molecule has 1 aromatic heterocycles. The average Bonchev–Trinajstić information content (AvgIpc) is 2.90. The second-order valence-electron chi connectivity index (χ2n) is 4.99. The summed E-state index contributed by atoms with van der Waals surface area (Å²) in [5.41, 5.74) is 2.12. The number of amides is 1. The predicted molar refractivity (Wildman–Crippen MR) is 71.2 cm³/mol. The molecular formula is C14H21N3O. The zero-order valence-electron chi connectivity index (χ0n) is 11.1. The highest BCUT2D eigenvalue weighted by molar-refractivity contribution is 5.75. The highest BCUT2D eigenvalue weighted by Crippen LogP contribution is 2.21. The quantitative estimate of drug-likeness (QED) is 0.877. The summed E-state index contributed by atoms with van der Waals surface area (Å²) >= 11 is 0. The van der Waals surface area contributed by atoms with E-state index < -0.39 is 0 Å². The molecule has 2 rings (SSSR count). The Balaban J connectivity index is 1.96. The van der Waals surface area contributed by atoms with Gasteiger partial charge in [-0.3, -0.25) is 9.78 Å². The third kappa shape index (κ3) is 3.29. The lowest BCUT2D eigenvalue weighted by Crippen LogP contribution is -2.22. The van der Waals surface area contributed by atoms with E-state index in [2.05, 4.69) is 16.4 Å². The Morgan fingerprint density at radius 3 is 3.00 bits per heavy atom. The van der Waals surface area contributed by atoms with Crippen molar-refractivity contribution in [3.05, 3.63) is 29.6 Å². The molecule has 4 heteroatoms. The van der Waals surface area contributed by atoms with Crippen LogP contribution in [0.1, 0.15) is 36.7 Å². The van der Waals surface area contributed by atoms with Crippen LogP contribution in [0.5, 0.6) is 0 Å². The number of carbonyl (C=O) groups is 1. The van der Waals surface area contributed by atoms with E-state index in [4.69, 9.17) is 0 Å². The number of carbonyl (C=O) groups excluding carboxylic acids is 1. The van der Waals surface area contributed by atoms with Crippen LogP contribution in [-0.2, 0) is 11.2 Å². The van der Waals surface area contributed by atoms with Gasteiger partial charge in [-0.05, 0) is 37.9 Å². The van der Waals surface area contributed by atoms with Gasteiger partial charge in [0.25, 0.3) is 0 Å². The molecular weight excluding hydrogens is 226 g/mol. The second kappa shape index (κ2) is 5.96. The molecule has 0 aliphatic carbocycles. The first-order valence-corrected chi connectivity index (χ1v) is 6.56. The number of hydrogen-bond acceptors (Lipinski definition) is 3. The van der Waals surface area contributed by atoms with Crippen molar-refractivity contribution in [2.75, 3.05) is 20.6 Å². The molecule has 1 atom stereocenters. The van der Waals surface area contributed by atoms with Gasteiger partial charge < -0.3 is 10.2 Å². The molecule has 1 aliphatic rings. The Morgan fingerprint density at radius 1 is 1.50 bits per heavy atom. The molecule has 4 nitrogen and oxygen atoms in total. The number of rotatable bonds is 4. The van der Waals surface area contributed by atoms with E-state index in [-0.39, 0.29) is 5.91 Å². The summed E-state index contributed by atoms with van der Waals surface area (Å²) in [5.74, 6) is 0.154. The van der Waals surface area contributed by atoms with Crippen molar-refractivity contribution in [3.63, 3.8) is 0 Å². The van der Waals surface area contributed by atoms with Crippen LogP contribution in [-0.4, -0.2) is 36.4 Å². The summed E-state index contributed by atoms with van der Waals surface area (Å²) in [6, 6.07) is 6.51. The van der Waals surface area contributed by atoms with Gasteiger partial charge in [-0.2, -0.15) is 0 Å². The largest absolute Gasteiger partial charge is 0.349 e. The van der Waals surface area contributed by atoms with Gasteiger partial charge in [0.05, 0.1) is 5.69 Å². The fourth-order valence-corrected chi connectivity index (χ4v) is 2.23. The molecule has 98 valence electrons. The smallest absolute Gasteiger partial charge is 0.222 e. The maximum absolute atomic E-state index is 11.5. The Morgan fingerprint density at radius 2 is 2.33 bits per heavy atom. The molecule has 0 spiro atoms. The van der Waals surface area contributed by atoms with Gasteiger partial charge in [-0.15, -0.1) is 0 Å². The molecule has 1 fully saturated rings. The van der Waals surface area contributed by atoms with Crippen molar-refractivity contribution in [2.45, 2.75) is 31.7 Å². The Kier molecular flexibility index (Phi) is 4.31. The van der Waals surface area contributed by atoms with Crippen LogP contribution in [0.2, 0.25) is 0 Å². The minimum atomic E-state index is 0.154. The zero-order chi connectivity index (χ0) is 13.0. The molecule has 2 heterocycles. The van der Waals surface area contributed by atoms with E-state index in [1.807, 2.05) is 12.1 Å². The lowest BCUT2D eigenvalue weighted by atomic mass is 10.1. The summed E-state index contributed by atoms with van der Waals surface area (Å²) in [4.78, 5) is 17.8. The van der Waals surface area contributed by atoms with Gasteiger partial charge in [0.15, 0.2) is 0 Å². The lowest BCUT2D eigenvalue weighted by molar-refractivity contribution is -0.128. The van der Waals surface area contributed by atoms with Crippen molar-refractivity contribution in [1.82, 2.24) is 15.2 Å². The highest BCUT2D eigenvalue weighted by Gasteiger charge is 2.17. The van der Waals surface area contributed by atoms with Gasteiger partial charge >= 0.3 is 0 Å². The minimum absolute atomic E-state index is 0.154. The van der Waals surface area contributed by atoms with Crippen LogP contribution >= 0.6 is 0 Å². The van der Waals surface area contributed by atoms with Gasteiger partial charge in [0.1, 0.15) is 0 Å². The zero-order valence-corrected chi connectivity index (χ0v) is 11.1. The summed E-state index contributed by atoms with van der Waals surface area (Å²) in [7, 11) is 3.57. The summed E-state index contributed by atoms with van der Waals surface area (Å²) < 4.78 is 0. The third-order valence-electron chi connectivity index (χ3n) is 3.34. The van der Waals surface area contributed by atoms with Crippen molar-refractivity contribution >= 4 is 5.91 Å². The van der Waals surface area contributed by atoms with Gasteiger partial charge in [0.2, 0.25) is 5.91 Å². The molecule has 1 saturated heterocycles. The van der Waals surface area contributed by atoms with E-state index in [9.17, 15) is 4.79 Å². The van der Waals surface area contributed by atoms with E-state index in [0.717, 1.165) is 30.8 Å². The van der Waals surface area contributed by atoms with Crippen LogP contribution in [0.4, 0.5) is 0 Å². The van der Waals surface area contributed by atoms with E-state index in [1.165, 1.54) is 6.42 Å². The van der Waals surface area contributed by atoms with Crippen LogP contribution in [0, 0.1) is 0 Å². The summed E-state index contributed by atoms with van der Waals surface area (Å²) in [6.07, 6.45) is 3.63. The van der Waals surface area contributed by atoms with Crippen LogP contribution in [0.3, 0.4) is 0 Å². The molecule has 18 heavy (non-hydrogen) atoms. The molecule has 0 aromatic carbocycles. The van der Waals surface area contributed by atoms with Gasteiger partial charge in [-0.1, -0.05) is 6.07 Å². The van der Waals surface area contributed by atoms with E-state index >= 15 is 0 Å². The topological polar surface area (TPSA) is 45.2 Å². The highest BCUT2D eigenvalue weighted by atomic mass is 16.2. The fourth-order valence-electron chi connectivity index (χ4n) is 2.23. The normalized spacial score (nSPS) is 18.9. The molecule has 0 bridgehead atoms. The van der Waals surface area contributed by atoms with E-state index in [0.29, 0.717) is 12.5 Å². The molecule has 1 N–H and O–H groups in total. The molecule has 0 unspecified atom stereocenters. The first-order chi connectivity index (χ1) is 8.66. The van der Waals surface area contributed by atoms with Gasteiger partial charge in [0, 0.05) is 32.3 Å². The average molecular weight is 247 g/mol. The summed E-state index contributed by atoms with van der Waals surface area (Å²) in [5, 5.41) is 3.45. The Bertz CT molecular complexity index is 411. The first kappa shape index (κ1) is 13.0. The predicted octanol–water partition coefficient (Wildman–Crippen LogP) is 1.53. The van der Waals surface area contributed by atoms with Gasteiger partial charge in [-0.25, -0.2) is 0 Å². The molecule has 1 aliphatic heterocycles. The maximum Gasteiger partial charge on any atom is 0.222 e. The summed E-state index contributed by atoms with van der Waals surface area (Å²) in [6.45, 7) is 1.08. The van der Waals surface area contributed by atoms with Crippen LogP contribution < -0.4 is 5.32 Å². The molecule has 0 radical (unpaired) electrons. The van der Waals surface area contributed by atoms with Crippen molar-refractivity contribution in [2.24, 2.45) is 0 Å².